The highest BCUT2D eigenvalue weighted by atomic mass is 16.5. The first-order valence-corrected chi connectivity index (χ1v) is 8.32. The van der Waals surface area contributed by atoms with Crippen molar-refractivity contribution in [1.82, 2.24) is 9.97 Å². The van der Waals surface area contributed by atoms with E-state index in [0.717, 1.165) is 29.7 Å². The van der Waals surface area contributed by atoms with Crippen LogP contribution in [-0.4, -0.2) is 28.7 Å². The van der Waals surface area contributed by atoms with Gasteiger partial charge in [0.2, 0.25) is 0 Å². The normalized spacial score (nSPS) is 25.7. The van der Waals surface area contributed by atoms with Crippen LogP contribution in [0.15, 0.2) is 24.5 Å². The molecule has 2 atom stereocenters. The van der Waals surface area contributed by atoms with E-state index < -0.39 is 0 Å². The van der Waals surface area contributed by atoms with E-state index in [1.54, 1.807) is 6.33 Å². The summed E-state index contributed by atoms with van der Waals surface area (Å²) in [5.74, 6) is 0.972. The van der Waals surface area contributed by atoms with Gasteiger partial charge in [-0.15, -0.1) is 0 Å². The van der Waals surface area contributed by atoms with Crippen molar-refractivity contribution in [3.8, 4) is 0 Å². The molecule has 2 fully saturated rings. The fraction of sp³-hybridized carbons (Fsp3) is 0.556. The SMILES string of the molecule is CCOC1CC(Nc2ncnc3ccc(C)cc23)C12CCC2. The molecule has 1 aromatic carbocycles. The first kappa shape index (κ1) is 13.9. The van der Waals surface area contributed by atoms with Crippen LogP contribution in [0.1, 0.15) is 38.2 Å². The van der Waals surface area contributed by atoms with Gasteiger partial charge >= 0.3 is 0 Å². The van der Waals surface area contributed by atoms with E-state index in [4.69, 9.17) is 4.74 Å². The molecular formula is C18H23N3O. The number of aromatic nitrogens is 2. The fourth-order valence-electron chi connectivity index (χ4n) is 4.09. The second kappa shape index (κ2) is 5.20. The minimum Gasteiger partial charge on any atom is -0.378 e. The average molecular weight is 297 g/mol. The topological polar surface area (TPSA) is 47.0 Å². The summed E-state index contributed by atoms with van der Waals surface area (Å²) < 4.78 is 5.94. The molecule has 1 N–H and O–H groups in total. The lowest BCUT2D eigenvalue weighted by molar-refractivity contribution is -0.157. The van der Waals surface area contributed by atoms with Crippen LogP contribution in [0.4, 0.5) is 5.82 Å². The standard InChI is InChI=1S/C18H23N3O/c1-3-22-16-10-15(18(16)7-4-8-18)21-17-13-9-12(2)5-6-14(13)19-11-20-17/h5-6,9,11,15-16H,3-4,7-8,10H2,1-2H3,(H,19,20,21). The third-order valence-corrected chi connectivity index (χ3v) is 5.54. The van der Waals surface area contributed by atoms with Gasteiger partial charge in [0.25, 0.3) is 0 Å². The van der Waals surface area contributed by atoms with Crippen molar-refractivity contribution in [1.29, 1.82) is 0 Å². The van der Waals surface area contributed by atoms with Gasteiger partial charge in [0.15, 0.2) is 0 Å². The molecule has 2 aliphatic rings. The van der Waals surface area contributed by atoms with E-state index in [-0.39, 0.29) is 0 Å². The van der Waals surface area contributed by atoms with Gasteiger partial charge in [-0.05, 0) is 45.2 Å². The summed E-state index contributed by atoms with van der Waals surface area (Å²) in [5.41, 5.74) is 2.59. The molecule has 1 spiro atoms. The van der Waals surface area contributed by atoms with Gasteiger partial charge in [-0.2, -0.15) is 0 Å². The number of hydrogen-bond donors (Lipinski definition) is 1. The van der Waals surface area contributed by atoms with Crippen LogP contribution in [0.25, 0.3) is 10.9 Å². The minimum atomic E-state index is 0.344. The summed E-state index contributed by atoms with van der Waals surface area (Å²) in [5, 5.41) is 4.82. The Morgan fingerprint density at radius 3 is 2.91 bits per heavy atom. The zero-order chi connectivity index (χ0) is 15.2. The lowest BCUT2D eigenvalue weighted by atomic mass is 9.51. The highest BCUT2D eigenvalue weighted by Crippen LogP contribution is 2.58. The van der Waals surface area contributed by atoms with Crippen LogP contribution in [0.5, 0.6) is 0 Å². The molecule has 4 nitrogen and oxygen atoms in total. The Kier molecular flexibility index (Phi) is 3.30. The highest BCUT2D eigenvalue weighted by Gasteiger charge is 2.59. The molecule has 22 heavy (non-hydrogen) atoms. The smallest absolute Gasteiger partial charge is 0.137 e. The van der Waals surface area contributed by atoms with Gasteiger partial charge in [-0.25, -0.2) is 9.97 Å². The molecule has 2 saturated carbocycles. The van der Waals surface area contributed by atoms with E-state index in [1.807, 2.05) is 0 Å². The monoisotopic (exact) mass is 297 g/mol. The van der Waals surface area contributed by atoms with E-state index in [1.165, 1.54) is 24.8 Å². The van der Waals surface area contributed by atoms with Crippen molar-refractivity contribution in [3.63, 3.8) is 0 Å². The lowest BCUT2D eigenvalue weighted by Gasteiger charge is -2.61. The maximum absolute atomic E-state index is 5.94. The van der Waals surface area contributed by atoms with Gasteiger partial charge < -0.3 is 10.1 Å². The predicted molar refractivity (Wildman–Crippen MR) is 88.0 cm³/mol. The van der Waals surface area contributed by atoms with Crippen molar-refractivity contribution in [2.75, 3.05) is 11.9 Å². The van der Waals surface area contributed by atoms with E-state index >= 15 is 0 Å². The van der Waals surface area contributed by atoms with Gasteiger partial charge in [0.05, 0.1) is 11.6 Å². The molecule has 0 bridgehead atoms. The number of benzene rings is 1. The molecule has 1 heterocycles. The van der Waals surface area contributed by atoms with Crippen molar-refractivity contribution in [3.05, 3.63) is 30.1 Å². The quantitative estimate of drug-likeness (QED) is 0.934. The van der Waals surface area contributed by atoms with Crippen molar-refractivity contribution < 1.29 is 4.74 Å². The molecule has 4 heteroatoms. The Bertz CT molecular complexity index is 696. The lowest BCUT2D eigenvalue weighted by Crippen LogP contribution is -2.64. The third-order valence-electron chi connectivity index (χ3n) is 5.54. The molecule has 0 saturated heterocycles. The third kappa shape index (κ3) is 2.01. The molecular weight excluding hydrogens is 274 g/mol. The molecule has 0 radical (unpaired) electrons. The Labute approximate surface area is 131 Å². The summed E-state index contributed by atoms with van der Waals surface area (Å²) in [6.07, 6.45) is 7.05. The first-order chi connectivity index (χ1) is 10.7. The molecule has 2 aromatic rings. The molecule has 2 unspecified atom stereocenters. The number of aryl methyl sites for hydroxylation is 1. The van der Waals surface area contributed by atoms with Gasteiger partial charge in [-0.3, -0.25) is 0 Å². The molecule has 116 valence electrons. The minimum absolute atomic E-state index is 0.344. The number of nitrogens with zero attached hydrogens (tertiary/aromatic N) is 2. The second-order valence-electron chi connectivity index (χ2n) is 6.71. The van der Waals surface area contributed by atoms with Gasteiger partial charge in [0.1, 0.15) is 12.1 Å². The zero-order valence-corrected chi connectivity index (χ0v) is 13.3. The number of rotatable bonds is 4. The van der Waals surface area contributed by atoms with Crippen LogP contribution in [0.2, 0.25) is 0 Å². The Morgan fingerprint density at radius 2 is 2.18 bits per heavy atom. The van der Waals surface area contributed by atoms with Gasteiger partial charge in [-0.1, -0.05) is 18.1 Å². The van der Waals surface area contributed by atoms with Crippen LogP contribution < -0.4 is 5.32 Å². The summed E-state index contributed by atoms with van der Waals surface area (Å²) in [6, 6.07) is 6.82. The fourth-order valence-corrected chi connectivity index (χ4v) is 4.09. The summed E-state index contributed by atoms with van der Waals surface area (Å²) in [6.45, 7) is 5.01. The number of ether oxygens (including phenoxy) is 1. The highest BCUT2D eigenvalue weighted by molar-refractivity contribution is 5.89. The zero-order valence-electron chi connectivity index (χ0n) is 13.3. The Hall–Kier alpha value is -1.68. The Morgan fingerprint density at radius 1 is 1.32 bits per heavy atom. The molecule has 0 aliphatic heterocycles. The molecule has 4 rings (SSSR count). The van der Waals surface area contributed by atoms with Crippen LogP contribution >= 0.6 is 0 Å². The first-order valence-electron chi connectivity index (χ1n) is 8.32. The maximum atomic E-state index is 5.94. The number of fused-ring (bicyclic) bond motifs is 1. The van der Waals surface area contributed by atoms with E-state index in [0.29, 0.717) is 17.6 Å². The Balaban J connectivity index is 1.61. The number of anilines is 1. The molecule has 0 amide bonds. The predicted octanol–water partition coefficient (Wildman–Crippen LogP) is 3.70. The second-order valence-corrected chi connectivity index (χ2v) is 6.71. The number of nitrogens with one attached hydrogen (secondary N) is 1. The molecule has 1 aromatic heterocycles. The van der Waals surface area contributed by atoms with E-state index in [2.05, 4.69) is 47.3 Å². The van der Waals surface area contributed by atoms with Crippen molar-refractivity contribution in [2.45, 2.75) is 51.7 Å². The number of hydrogen-bond acceptors (Lipinski definition) is 4. The van der Waals surface area contributed by atoms with E-state index in [9.17, 15) is 0 Å². The summed E-state index contributed by atoms with van der Waals surface area (Å²) >= 11 is 0. The largest absolute Gasteiger partial charge is 0.378 e. The van der Waals surface area contributed by atoms with Crippen LogP contribution in [0.3, 0.4) is 0 Å². The van der Waals surface area contributed by atoms with Crippen LogP contribution in [-0.2, 0) is 4.74 Å². The summed E-state index contributed by atoms with van der Waals surface area (Å²) in [7, 11) is 0. The summed E-state index contributed by atoms with van der Waals surface area (Å²) in [4.78, 5) is 8.87. The maximum Gasteiger partial charge on any atom is 0.137 e. The average Bonchev–Trinajstić information content (AvgIpc) is 2.44. The van der Waals surface area contributed by atoms with Crippen molar-refractivity contribution >= 4 is 16.7 Å². The van der Waals surface area contributed by atoms with Crippen molar-refractivity contribution in [2.24, 2.45) is 5.41 Å². The van der Waals surface area contributed by atoms with Crippen LogP contribution in [0, 0.1) is 12.3 Å². The van der Waals surface area contributed by atoms with Gasteiger partial charge in [0, 0.05) is 23.4 Å². The molecule has 2 aliphatic carbocycles.